The van der Waals surface area contributed by atoms with Crippen molar-refractivity contribution in [3.8, 4) is 0 Å². The van der Waals surface area contributed by atoms with E-state index in [1.54, 1.807) is 16.8 Å². The molecule has 1 saturated heterocycles. The zero-order chi connectivity index (χ0) is 13.0. The summed E-state index contributed by atoms with van der Waals surface area (Å²) in [5.74, 6) is -1.31. The molecule has 1 N–H and O–H groups in total. The maximum atomic E-state index is 11.9. The normalized spacial score (nSPS) is 22.9. The first kappa shape index (κ1) is 13.9. The molecule has 0 bridgehead atoms. The fourth-order valence-electron chi connectivity index (χ4n) is 1.89. The first-order valence-corrected chi connectivity index (χ1v) is 5.74. The Bertz CT molecular complexity index is 294. The molecular formula is C11H21N3O3. The van der Waals surface area contributed by atoms with E-state index < -0.39 is 11.9 Å². The first-order chi connectivity index (χ1) is 7.90. The van der Waals surface area contributed by atoms with Crippen molar-refractivity contribution >= 4 is 11.9 Å². The van der Waals surface area contributed by atoms with Gasteiger partial charge >= 0.3 is 5.97 Å². The second kappa shape index (κ2) is 5.97. The van der Waals surface area contributed by atoms with Crippen LogP contribution in [0.5, 0.6) is 0 Å². The molecule has 1 rings (SSSR count). The summed E-state index contributed by atoms with van der Waals surface area (Å²) in [7, 11) is 5.65. The van der Waals surface area contributed by atoms with Crippen molar-refractivity contribution in [3.05, 3.63) is 0 Å². The molecule has 1 amide bonds. The number of aliphatic carboxylic acids is 1. The molecule has 0 spiro atoms. The smallest absolute Gasteiger partial charge is 0.309 e. The number of carboxylic acid groups (broad SMARTS) is 1. The number of carbonyl (C=O) groups excluding carboxylic acids is 1. The fraction of sp³-hybridized carbons (Fsp3) is 0.818. The summed E-state index contributed by atoms with van der Waals surface area (Å²) >= 11 is 0. The third-order valence-corrected chi connectivity index (χ3v) is 2.90. The number of amides is 1. The third-order valence-electron chi connectivity index (χ3n) is 2.90. The summed E-state index contributed by atoms with van der Waals surface area (Å²) in [5, 5.41) is 9.09. The van der Waals surface area contributed by atoms with Crippen LogP contribution < -0.4 is 0 Å². The zero-order valence-corrected chi connectivity index (χ0v) is 10.7. The van der Waals surface area contributed by atoms with Gasteiger partial charge in [0.15, 0.2) is 0 Å². The average molecular weight is 243 g/mol. The van der Waals surface area contributed by atoms with Crippen LogP contribution in [-0.2, 0) is 9.59 Å². The Hall–Kier alpha value is -1.14. The monoisotopic (exact) mass is 243 g/mol. The molecule has 0 aliphatic carbocycles. The lowest BCUT2D eigenvalue weighted by Crippen LogP contribution is -2.41. The van der Waals surface area contributed by atoms with E-state index in [0.717, 1.165) is 6.54 Å². The molecule has 6 nitrogen and oxygen atoms in total. The highest BCUT2D eigenvalue weighted by Gasteiger charge is 2.29. The summed E-state index contributed by atoms with van der Waals surface area (Å²) in [6, 6.07) is 0. The van der Waals surface area contributed by atoms with Gasteiger partial charge in [-0.1, -0.05) is 0 Å². The van der Waals surface area contributed by atoms with Gasteiger partial charge in [-0.2, -0.15) is 0 Å². The Kier molecular flexibility index (Phi) is 4.89. The molecule has 98 valence electrons. The number of nitrogens with zero attached hydrogens (tertiary/aromatic N) is 3. The van der Waals surface area contributed by atoms with Crippen LogP contribution in [0.2, 0.25) is 0 Å². The first-order valence-electron chi connectivity index (χ1n) is 5.74. The SMILES string of the molecule is CN(C)CCN1CC(C(=O)O)CN(C)CC1=O. The minimum absolute atomic E-state index is 0.0121. The van der Waals surface area contributed by atoms with Gasteiger partial charge in [-0.25, -0.2) is 0 Å². The molecule has 1 aliphatic heterocycles. The molecule has 1 fully saturated rings. The van der Waals surface area contributed by atoms with Crippen molar-refractivity contribution in [2.75, 3.05) is 53.9 Å². The van der Waals surface area contributed by atoms with Crippen molar-refractivity contribution in [2.24, 2.45) is 5.92 Å². The largest absolute Gasteiger partial charge is 0.481 e. The fourth-order valence-corrected chi connectivity index (χ4v) is 1.89. The number of rotatable bonds is 4. The van der Waals surface area contributed by atoms with Gasteiger partial charge in [-0.05, 0) is 21.1 Å². The molecule has 1 atom stereocenters. The minimum Gasteiger partial charge on any atom is -0.481 e. The summed E-state index contributed by atoms with van der Waals surface area (Å²) in [6.45, 7) is 2.38. The van der Waals surface area contributed by atoms with E-state index in [9.17, 15) is 9.59 Å². The predicted octanol–water partition coefficient (Wildman–Crippen LogP) is -0.977. The van der Waals surface area contributed by atoms with Crippen LogP contribution >= 0.6 is 0 Å². The number of likely N-dealkylation sites (N-methyl/N-ethyl adjacent to an activating group) is 2. The quantitative estimate of drug-likeness (QED) is 0.688. The summed E-state index contributed by atoms with van der Waals surface area (Å²) in [6.07, 6.45) is 0. The molecule has 0 aromatic rings. The Morgan fingerprint density at radius 2 is 2.12 bits per heavy atom. The number of hydrogen-bond acceptors (Lipinski definition) is 4. The lowest BCUT2D eigenvalue weighted by atomic mass is 10.1. The van der Waals surface area contributed by atoms with E-state index in [0.29, 0.717) is 26.2 Å². The van der Waals surface area contributed by atoms with Crippen LogP contribution in [0.3, 0.4) is 0 Å². The van der Waals surface area contributed by atoms with Crippen molar-refractivity contribution in [2.45, 2.75) is 0 Å². The van der Waals surface area contributed by atoms with Gasteiger partial charge in [0.05, 0.1) is 12.5 Å². The topological polar surface area (TPSA) is 64.1 Å². The molecule has 0 radical (unpaired) electrons. The molecular weight excluding hydrogens is 222 g/mol. The van der Waals surface area contributed by atoms with Crippen LogP contribution in [-0.4, -0.2) is 85.5 Å². The average Bonchev–Trinajstić information content (AvgIpc) is 2.34. The molecule has 17 heavy (non-hydrogen) atoms. The van der Waals surface area contributed by atoms with Crippen molar-refractivity contribution in [3.63, 3.8) is 0 Å². The Morgan fingerprint density at radius 1 is 1.47 bits per heavy atom. The molecule has 0 saturated carbocycles. The zero-order valence-electron chi connectivity index (χ0n) is 10.7. The van der Waals surface area contributed by atoms with Crippen LogP contribution in [0.4, 0.5) is 0 Å². The van der Waals surface area contributed by atoms with Crippen molar-refractivity contribution in [1.82, 2.24) is 14.7 Å². The Morgan fingerprint density at radius 3 is 2.65 bits per heavy atom. The second-order valence-corrected chi connectivity index (χ2v) is 4.87. The van der Waals surface area contributed by atoms with E-state index in [4.69, 9.17) is 5.11 Å². The molecule has 1 heterocycles. The molecule has 1 aliphatic rings. The number of hydrogen-bond donors (Lipinski definition) is 1. The van der Waals surface area contributed by atoms with Crippen LogP contribution in [0.15, 0.2) is 0 Å². The minimum atomic E-state index is -0.832. The third kappa shape index (κ3) is 4.32. The highest BCUT2D eigenvalue weighted by molar-refractivity contribution is 5.80. The molecule has 0 aromatic heterocycles. The van der Waals surface area contributed by atoms with Gasteiger partial charge in [0.25, 0.3) is 0 Å². The standard InChI is InChI=1S/C11H21N3O3/c1-12(2)4-5-14-7-9(11(16)17)6-13(3)8-10(14)15/h9H,4-8H2,1-3H3,(H,16,17). The summed E-state index contributed by atoms with van der Waals surface area (Å²) in [4.78, 5) is 28.4. The van der Waals surface area contributed by atoms with E-state index in [1.807, 2.05) is 19.0 Å². The number of carboxylic acids is 1. The maximum Gasteiger partial charge on any atom is 0.309 e. The molecule has 1 unspecified atom stereocenters. The predicted molar refractivity (Wildman–Crippen MR) is 63.8 cm³/mol. The summed E-state index contributed by atoms with van der Waals surface area (Å²) in [5.41, 5.74) is 0. The van der Waals surface area contributed by atoms with E-state index in [2.05, 4.69) is 0 Å². The lowest BCUT2D eigenvalue weighted by molar-refractivity contribution is -0.142. The van der Waals surface area contributed by atoms with Crippen molar-refractivity contribution in [1.29, 1.82) is 0 Å². The van der Waals surface area contributed by atoms with Gasteiger partial charge in [0.2, 0.25) is 5.91 Å². The summed E-state index contributed by atoms with van der Waals surface area (Å²) < 4.78 is 0. The highest BCUT2D eigenvalue weighted by Crippen LogP contribution is 2.09. The van der Waals surface area contributed by atoms with Crippen LogP contribution in [0.1, 0.15) is 0 Å². The van der Waals surface area contributed by atoms with Gasteiger partial charge in [0, 0.05) is 26.2 Å². The Labute approximate surface area is 102 Å². The van der Waals surface area contributed by atoms with Gasteiger partial charge in [-0.15, -0.1) is 0 Å². The molecule has 0 aromatic carbocycles. The molecule has 6 heteroatoms. The van der Waals surface area contributed by atoms with Gasteiger partial charge in [-0.3, -0.25) is 14.5 Å². The Balaban J connectivity index is 2.66. The number of carbonyl (C=O) groups is 2. The van der Waals surface area contributed by atoms with E-state index in [-0.39, 0.29) is 5.91 Å². The lowest BCUT2D eigenvalue weighted by Gasteiger charge is -2.24. The van der Waals surface area contributed by atoms with Crippen LogP contribution in [0, 0.1) is 5.92 Å². The van der Waals surface area contributed by atoms with E-state index >= 15 is 0 Å². The van der Waals surface area contributed by atoms with Crippen LogP contribution in [0.25, 0.3) is 0 Å². The highest BCUT2D eigenvalue weighted by atomic mass is 16.4. The second-order valence-electron chi connectivity index (χ2n) is 4.87. The van der Waals surface area contributed by atoms with Gasteiger partial charge < -0.3 is 14.9 Å². The van der Waals surface area contributed by atoms with Crippen molar-refractivity contribution < 1.29 is 14.7 Å². The van der Waals surface area contributed by atoms with Gasteiger partial charge in [0.1, 0.15) is 0 Å². The maximum absolute atomic E-state index is 11.9. The van der Waals surface area contributed by atoms with E-state index in [1.165, 1.54) is 0 Å².